The van der Waals surface area contributed by atoms with Gasteiger partial charge in [0.05, 0.1) is 33.8 Å². The molecule has 0 saturated heterocycles. The van der Waals surface area contributed by atoms with Crippen molar-refractivity contribution in [2.24, 2.45) is 11.8 Å². The number of nitrogens with one attached hydrogen (secondary N) is 2. The fraction of sp³-hybridized carbons (Fsp3) is 0.565. The highest BCUT2D eigenvalue weighted by molar-refractivity contribution is 7.21. The standard InChI is InChI=1S/C23H30N6O2S/c1-10(2)14-9-15(20(31)19(14)30)27-21-17(11(3)25-23(29-21)26-13-5-6-13)22-28-18-12(4)24-8-7-16(18)32-22/h7-8,10,13-15,19-20,30-31H,5-6,9H2,1-4H3,(H2,25,26,27,29)/t14-,15-,19-,20+/m1/s1. The fourth-order valence-corrected chi connectivity index (χ4v) is 5.66. The van der Waals surface area contributed by atoms with Gasteiger partial charge in [0, 0.05) is 12.2 Å². The Balaban J connectivity index is 1.56. The van der Waals surface area contributed by atoms with Gasteiger partial charge >= 0.3 is 0 Å². The van der Waals surface area contributed by atoms with Gasteiger partial charge in [-0.3, -0.25) is 4.98 Å². The summed E-state index contributed by atoms with van der Waals surface area (Å²) in [5.74, 6) is 1.55. The van der Waals surface area contributed by atoms with E-state index in [1.54, 1.807) is 17.5 Å². The van der Waals surface area contributed by atoms with Crippen LogP contribution in [0, 0.1) is 25.7 Å². The molecule has 0 spiro atoms. The molecule has 5 rings (SSSR count). The lowest BCUT2D eigenvalue weighted by Gasteiger charge is -2.21. The summed E-state index contributed by atoms with van der Waals surface area (Å²) < 4.78 is 1.06. The van der Waals surface area contributed by atoms with E-state index in [0.717, 1.165) is 45.0 Å². The van der Waals surface area contributed by atoms with Crippen LogP contribution in [-0.2, 0) is 0 Å². The lowest BCUT2D eigenvalue weighted by molar-refractivity contribution is 0.00750. The van der Waals surface area contributed by atoms with Gasteiger partial charge in [0.25, 0.3) is 0 Å². The van der Waals surface area contributed by atoms with Gasteiger partial charge in [-0.2, -0.15) is 4.98 Å². The van der Waals surface area contributed by atoms with Crippen LogP contribution < -0.4 is 10.6 Å². The van der Waals surface area contributed by atoms with Crippen molar-refractivity contribution in [3.8, 4) is 10.6 Å². The van der Waals surface area contributed by atoms with Gasteiger partial charge in [0.1, 0.15) is 22.4 Å². The number of aryl methyl sites for hydroxylation is 2. The van der Waals surface area contributed by atoms with Crippen LogP contribution in [0.1, 0.15) is 44.5 Å². The molecule has 3 aromatic rings. The molecule has 9 heteroatoms. The molecular weight excluding hydrogens is 424 g/mol. The van der Waals surface area contributed by atoms with Crippen LogP contribution in [0.2, 0.25) is 0 Å². The number of pyridine rings is 1. The van der Waals surface area contributed by atoms with E-state index < -0.39 is 12.2 Å². The topological polar surface area (TPSA) is 116 Å². The predicted molar refractivity (Wildman–Crippen MR) is 127 cm³/mol. The van der Waals surface area contributed by atoms with Crippen molar-refractivity contribution in [3.63, 3.8) is 0 Å². The highest BCUT2D eigenvalue weighted by Gasteiger charge is 2.43. The average Bonchev–Trinajstić information content (AvgIpc) is 3.36. The Morgan fingerprint density at radius 2 is 1.81 bits per heavy atom. The van der Waals surface area contributed by atoms with Crippen LogP contribution >= 0.6 is 11.3 Å². The SMILES string of the molecule is Cc1nc(NC2CC2)nc(N[C@@H]2C[C@H](C(C)C)[C@@H](O)[C@H]2O)c1-c1nc2c(C)nccc2s1. The Labute approximate surface area is 191 Å². The smallest absolute Gasteiger partial charge is 0.225 e. The quantitative estimate of drug-likeness (QED) is 0.447. The Morgan fingerprint density at radius 1 is 1.03 bits per heavy atom. The van der Waals surface area contributed by atoms with Crippen LogP contribution in [0.25, 0.3) is 20.8 Å². The molecule has 8 nitrogen and oxygen atoms in total. The van der Waals surface area contributed by atoms with E-state index in [2.05, 4.69) is 29.5 Å². The molecule has 2 aliphatic rings. The summed E-state index contributed by atoms with van der Waals surface area (Å²) in [6.07, 6.45) is 3.12. The summed E-state index contributed by atoms with van der Waals surface area (Å²) in [5, 5.41) is 29.0. The highest BCUT2D eigenvalue weighted by atomic mass is 32.1. The third-order valence-electron chi connectivity index (χ3n) is 6.61. The van der Waals surface area contributed by atoms with Crippen molar-refractivity contribution in [3.05, 3.63) is 23.7 Å². The lowest BCUT2D eigenvalue weighted by atomic mass is 9.92. The van der Waals surface area contributed by atoms with Gasteiger partial charge in [-0.15, -0.1) is 11.3 Å². The van der Waals surface area contributed by atoms with Crippen molar-refractivity contribution >= 4 is 33.3 Å². The number of hydrogen-bond acceptors (Lipinski definition) is 9. The third kappa shape index (κ3) is 3.93. The number of anilines is 2. The van der Waals surface area contributed by atoms with Gasteiger partial charge in [-0.05, 0) is 51.0 Å². The van der Waals surface area contributed by atoms with Gasteiger partial charge in [-0.1, -0.05) is 13.8 Å². The van der Waals surface area contributed by atoms with Gasteiger partial charge in [0.15, 0.2) is 0 Å². The number of hydrogen-bond donors (Lipinski definition) is 4. The van der Waals surface area contributed by atoms with Crippen LogP contribution in [0.5, 0.6) is 0 Å². The van der Waals surface area contributed by atoms with E-state index >= 15 is 0 Å². The fourth-order valence-electron chi connectivity index (χ4n) is 4.55. The van der Waals surface area contributed by atoms with Crippen LogP contribution in [-0.4, -0.2) is 54.4 Å². The largest absolute Gasteiger partial charge is 0.390 e. The van der Waals surface area contributed by atoms with E-state index in [1.807, 2.05) is 19.9 Å². The van der Waals surface area contributed by atoms with Crippen LogP contribution in [0.3, 0.4) is 0 Å². The first-order chi connectivity index (χ1) is 15.3. The predicted octanol–water partition coefficient (Wildman–Crippen LogP) is 3.52. The van der Waals surface area contributed by atoms with Gasteiger partial charge in [0.2, 0.25) is 5.95 Å². The molecule has 4 N–H and O–H groups in total. The molecule has 0 aromatic carbocycles. The Hall–Kier alpha value is -2.36. The molecule has 3 heterocycles. The monoisotopic (exact) mass is 454 g/mol. The summed E-state index contributed by atoms with van der Waals surface area (Å²) in [7, 11) is 0. The molecule has 0 radical (unpaired) electrons. The Bertz CT molecular complexity index is 1140. The highest BCUT2D eigenvalue weighted by Crippen LogP contribution is 2.39. The second kappa shape index (κ2) is 8.20. The van der Waals surface area contributed by atoms with E-state index in [4.69, 9.17) is 15.0 Å². The van der Waals surface area contributed by atoms with Crippen molar-refractivity contribution < 1.29 is 10.2 Å². The number of aliphatic hydroxyl groups excluding tert-OH is 2. The maximum absolute atomic E-state index is 10.8. The number of aliphatic hydroxyl groups is 2. The second-order valence-corrected chi connectivity index (χ2v) is 10.4. The molecule has 3 aromatic heterocycles. The normalized spacial score (nSPS) is 25.6. The molecule has 0 unspecified atom stereocenters. The minimum atomic E-state index is -0.854. The van der Waals surface area contributed by atoms with Gasteiger partial charge in [-0.25, -0.2) is 9.97 Å². The zero-order valence-electron chi connectivity index (χ0n) is 18.8. The van der Waals surface area contributed by atoms with Crippen molar-refractivity contribution in [1.82, 2.24) is 19.9 Å². The summed E-state index contributed by atoms with van der Waals surface area (Å²) in [5.41, 5.74) is 3.43. The summed E-state index contributed by atoms with van der Waals surface area (Å²) in [6.45, 7) is 8.09. The van der Waals surface area contributed by atoms with E-state index in [-0.39, 0.29) is 17.9 Å². The molecule has 0 aliphatic heterocycles. The first-order valence-electron chi connectivity index (χ1n) is 11.3. The molecule has 170 valence electrons. The number of nitrogens with zero attached hydrogens (tertiary/aromatic N) is 4. The molecule has 0 amide bonds. The molecule has 2 fully saturated rings. The van der Waals surface area contributed by atoms with Crippen LogP contribution in [0.4, 0.5) is 11.8 Å². The van der Waals surface area contributed by atoms with Gasteiger partial charge < -0.3 is 20.8 Å². The Kier molecular flexibility index (Phi) is 5.51. The molecule has 0 bridgehead atoms. The third-order valence-corrected chi connectivity index (χ3v) is 7.65. The van der Waals surface area contributed by atoms with E-state index in [1.165, 1.54) is 0 Å². The maximum Gasteiger partial charge on any atom is 0.225 e. The zero-order chi connectivity index (χ0) is 22.6. The first-order valence-corrected chi connectivity index (χ1v) is 12.1. The minimum Gasteiger partial charge on any atom is -0.390 e. The zero-order valence-corrected chi connectivity index (χ0v) is 19.6. The summed E-state index contributed by atoms with van der Waals surface area (Å²) >= 11 is 1.59. The summed E-state index contributed by atoms with van der Waals surface area (Å²) in [6, 6.07) is 2.10. The minimum absolute atomic E-state index is 0.0362. The summed E-state index contributed by atoms with van der Waals surface area (Å²) in [4.78, 5) is 18.7. The number of aromatic nitrogens is 4. The second-order valence-electron chi connectivity index (χ2n) is 9.41. The van der Waals surface area contributed by atoms with Crippen LogP contribution in [0.15, 0.2) is 12.3 Å². The molecule has 4 atom stereocenters. The molecule has 32 heavy (non-hydrogen) atoms. The van der Waals surface area contributed by atoms with Crippen molar-refractivity contribution in [2.45, 2.75) is 71.2 Å². The molecule has 2 aliphatic carbocycles. The maximum atomic E-state index is 10.8. The average molecular weight is 455 g/mol. The first kappa shape index (κ1) is 21.5. The number of fused-ring (bicyclic) bond motifs is 1. The van der Waals surface area contributed by atoms with E-state index in [0.29, 0.717) is 24.2 Å². The van der Waals surface area contributed by atoms with E-state index in [9.17, 15) is 10.2 Å². The lowest BCUT2D eigenvalue weighted by Crippen LogP contribution is -2.36. The number of thiazole rings is 1. The Morgan fingerprint density at radius 3 is 2.47 bits per heavy atom. The van der Waals surface area contributed by atoms with Crippen molar-refractivity contribution in [1.29, 1.82) is 0 Å². The number of rotatable bonds is 6. The molecule has 2 saturated carbocycles. The molecular formula is C23H30N6O2S. The van der Waals surface area contributed by atoms with Crippen molar-refractivity contribution in [2.75, 3.05) is 10.6 Å².